The summed E-state index contributed by atoms with van der Waals surface area (Å²) in [7, 11) is 0. The maximum absolute atomic E-state index is 12.6. The number of aromatic amines is 2. The Morgan fingerprint density at radius 3 is 2.76 bits per heavy atom. The first-order chi connectivity index (χ1) is 14.0. The van der Waals surface area contributed by atoms with Crippen LogP contribution in [0.3, 0.4) is 0 Å². The van der Waals surface area contributed by atoms with E-state index in [9.17, 15) is 9.18 Å². The first kappa shape index (κ1) is 19.7. The second-order valence-corrected chi connectivity index (χ2v) is 7.92. The molecule has 1 atom stereocenters. The highest BCUT2D eigenvalue weighted by Gasteiger charge is 2.25. The van der Waals surface area contributed by atoms with Gasteiger partial charge in [0.25, 0.3) is 0 Å². The van der Waals surface area contributed by atoms with E-state index in [0.29, 0.717) is 24.0 Å². The van der Waals surface area contributed by atoms with Crippen LogP contribution in [0.15, 0.2) is 24.8 Å². The van der Waals surface area contributed by atoms with Crippen LogP contribution in [0.2, 0.25) is 5.02 Å². The first-order valence-electron chi connectivity index (χ1n) is 9.83. The summed E-state index contributed by atoms with van der Waals surface area (Å²) in [4.78, 5) is 19.8. The van der Waals surface area contributed by atoms with Crippen LogP contribution < -0.4 is 5.32 Å². The van der Waals surface area contributed by atoms with E-state index in [1.54, 1.807) is 17.3 Å². The molecule has 0 spiro atoms. The highest BCUT2D eigenvalue weighted by atomic mass is 35.5. The molecule has 4 heterocycles. The standard InChI is InChI=1S/C13H12ClN5.C7H12FNO/c14-10-6-16-13-11(10)12(19-8-1-2-8)9(5-15-13)7-3-17-18-4-7;1-6(10)9-4-2-3-7(8)5-9/h3-6,8H,1-2H2,(H,17,18)(H2,15,16,19);7H,2-5H2,1H3. The number of H-pyrrole nitrogens is 2. The molecule has 0 aromatic carbocycles. The van der Waals surface area contributed by atoms with Crippen LogP contribution in [-0.4, -0.2) is 56.3 Å². The lowest BCUT2D eigenvalue weighted by Crippen LogP contribution is -2.39. The maximum Gasteiger partial charge on any atom is 0.219 e. The molecule has 1 aliphatic heterocycles. The minimum Gasteiger partial charge on any atom is -0.381 e. The Balaban J connectivity index is 0.000000174. The number of halogens is 2. The van der Waals surface area contributed by atoms with Crippen LogP contribution in [0.1, 0.15) is 32.6 Å². The summed E-state index contributed by atoms with van der Waals surface area (Å²) in [5, 5.41) is 12.0. The monoisotopic (exact) mass is 418 g/mol. The zero-order chi connectivity index (χ0) is 20.4. The minimum atomic E-state index is -0.794. The molecule has 2 aliphatic rings. The lowest BCUT2D eigenvalue weighted by Gasteiger charge is -2.27. The van der Waals surface area contributed by atoms with Gasteiger partial charge in [0.15, 0.2) is 0 Å². The highest BCUT2D eigenvalue weighted by Crippen LogP contribution is 2.39. The molecule has 5 rings (SSSR count). The number of carbonyl (C=O) groups excluding carboxylic acids is 1. The van der Waals surface area contributed by atoms with Gasteiger partial charge in [0.05, 0.1) is 28.8 Å². The van der Waals surface area contributed by atoms with Gasteiger partial charge in [-0.15, -0.1) is 0 Å². The van der Waals surface area contributed by atoms with Gasteiger partial charge in [0.1, 0.15) is 11.8 Å². The molecule has 1 saturated carbocycles. The number of hydrogen-bond acceptors (Lipinski definition) is 4. The Morgan fingerprint density at radius 2 is 2.14 bits per heavy atom. The van der Waals surface area contributed by atoms with E-state index in [1.165, 1.54) is 19.8 Å². The Hall–Kier alpha value is -2.61. The number of anilines is 1. The molecule has 1 aliphatic carbocycles. The molecule has 3 N–H and O–H groups in total. The number of amides is 1. The summed E-state index contributed by atoms with van der Waals surface area (Å²) in [5.41, 5.74) is 3.88. The Kier molecular flexibility index (Phi) is 5.71. The average Bonchev–Trinajstić information content (AvgIpc) is 3.20. The SMILES string of the molecule is CC(=O)N1CCCC(F)C1.Clc1c[nH]c2ncc(-c3cn[nH]c3)c(NC3CC3)c12. The normalized spacial score (nSPS) is 19.0. The molecular weight excluding hydrogens is 395 g/mol. The number of aromatic nitrogens is 4. The maximum atomic E-state index is 12.6. The van der Waals surface area contributed by atoms with Crippen molar-refractivity contribution < 1.29 is 9.18 Å². The van der Waals surface area contributed by atoms with E-state index in [4.69, 9.17) is 11.6 Å². The highest BCUT2D eigenvalue weighted by molar-refractivity contribution is 6.36. The fraction of sp³-hybridized carbons (Fsp3) is 0.450. The summed E-state index contributed by atoms with van der Waals surface area (Å²) in [6.45, 7) is 2.52. The topological polar surface area (TPSA) is 89.7 Å². The van der Waals surface area contributed by atoms with Crippen molar-refractivity contribution in [1.29, 1.82) is 0 Å². The molecule has 2 fully saturated rings. The van der Waals surface area contributed by atoms with Crippen LogP contribution in [-0.2, 0) is 4.79 Å². The average molecular weight is 419 g/mol. The van der Waals surface area contributed by atoms with Crippen molar-refractivity contribution in [2.45, 2.75) is 44.8 Å². The third-order valence-corrected chi connectivity index (χ3v) is 5.50. The van der Waals surface area contributed by atoms with Gasteiger partial charge >= 0.3 is 0 Å². The first-order valence-corrected chi connectivity index (χ1v) is 10.2. The van der Waals surface area contributed by atoms with Crippen LogP contribution in [0.25, 0.3) is 22.2 Å². The molecule has 0 bridgehead atoms. The molecule has 29 heavy (non-hydrogen) atoms. The predicted molar refractivity (Wildman–Crippen MR) is 112 cm³/mol. The Labute approximate surface area is 173 Å². The molecule has 1 unspecified atom stereocenters. The molecular formula is C20H24ClFN6O. The van der Waals surface area contributed by atoms with E-state index in [1.807, 2.05) is 12.4 Å². The van der Waals surface area contributed by atoms with Crippen LogP contribution in [0.4, 0.5) is 10.1 Å². The van der Waals surface area contributed by atoms with Gasteiger partial charge in [-0.1, -0.05) is 11.6 Å². The smallest absolute Gasteiger partial charge is 0.219 e. The second-order valence-electron chi connectivity index (χ2n) is 7.52. The molecule has 1 saturated heterocycles. The number of likely N-dealkylation sites (tertiary alicyclic amines) is 1. The molecule has 154 valence electrons. The van der Waals surface area contributed by atoms with Gasteiger partial charge in [0, 0.05) is 49.2 Å². The number of fused-ring (bicyclic) bond motifs is 1. The van der Waals surface area contributed by atoms with E-state index in [0.717, 1.165) is 40.8 Å². The van der Waals surface area contributed by atoms with Crippen molar-refractivity contribution in [3.63, 3.8) is 0 Å². The summed E-state index contributed by atoms with van der Waals surface area (Å²) in [6.07, 6.45) is 10.3. The zero-order valence-corrected chi connectivity index (χ0v) is 17.0. The van der Waals surface area contributed by atoms with Crippen LogP contribution in [0, 0.1) is 0 Å². The van der Waals surface area contributed by atoms with E-state index in [2.05, 4.69) is 25.5 Å². The largest absolute Gasteiger partial charge is 0.381 e. The fourth-order valence-corrected chi connectivity index (χ4v) is 3.71. The summed E-state index contributed by atoms with van der Waals surface area (Å²) in [6, 6.07) is 0.544. The number of rotatable bonds is 3. The number of carbonyl (C=O) groups is 1. The van der Waals surface area contributed by atoms with Gasteiger partial charge in [-0.25, -0.2) is 9.37 Å². The molecule has 3 aromatic rings. The molecule has 1 amide bonds. The van der Waals surface area contributed by atoms with Crippen LogP contribution in [0.5, 0.6) is 0 Å². The fourth-order valence-electron chi connectivity index (χ4n) is 3.47. The number of hydrogen-bond donors (Lipinski definition) is 3. The number of piperidine rings is 1. The molecule has 0 radical (unpaired) electrons. The number of pyridine rings is 1. The molecule has 9 heteroatoms. The number of nitrogens with zero attached hydrogens (tertiary/aromatic N) is 3. The lowest BCUT2D eigenvalue weighted by molar-refractivity contribution is -0.130. The zero-order valence-electron chi connectivity index (χ0n) is 16.2. The van der Waals surface area contributed by atoms with Crippen molar-refractivity contribution in [3.05, 3.63) is 29.8 Å². The van der Waals surface area contributed by atoms with Crippen molar-refractivity contribution in [2.75, 3.05) is 18.4 Å². The number of nitrogens with one attached hydrogen (secondary N) is 3. The lowest BCUT2D eigenvalue weighted by atomic mass is 10.1. The third-order valence-electron chi connectivity index (χ3n) is 5.20. The molecule has 3 aromatic heterocycles. The van der Waals surface area contributed by atoms with Crippen molar-refractivity contribution in [3.8, 4) is 11.1 Å². The van der Waals surface area contributed by atoms with E-state index < -0.39 is 6.17 Å². The third kappa shape index (κ3) is 4.53. The van der Waals surface area contributed by atoms with E-state index in [-0.39, 0.29) is 5.91 Å². The van der Waals surface area contributed by atoms with Crippen molar-refractivity contribution in [1.82, 2.24) is 25.1 Å². The van der Waals surface area contributed by atoms with E-state index >= 15 is 0 Å². The summed E-state index contributed by atoms with van der Waals surface area (Å²) in [5.74, 6) is -0.0117. The van der Waals surface area contributed by atoms with Gasteiger partial charge in [-0.05, 0) is 25.7 Å². The summed E-state index contributed by atoms with van der Waals surface area (Å²) >= 11 is 6.28. The van der Waals surface area contributed by atoms with Gasteiger partial charge in [-0.3, -0.25) is 9.89 Å². The predicted octanol–water partition coefficient (Wildman–Crippen LogP) is 4.15. The van der Waals surface area contributed by atoms with Crippen molar-refractivity contribution >= 4 is 34.2 Å². The Bertz CT molecular complexity index is 984. The second kappa shape index (κ2) is 8.41. The van der Waals surface area contributed by atoms with Gasteiger partial charge in [-0.2, -0.15) is 5.10 Å². The quantitative estimate of drug-likeness (QED) is 0.596. The van der Waals surface area contributed by atoms with Crippen LogP contribution >= 0.6 is 11.6 Å². The number of alkyl halides is 1. The van der Waals surface area contributed by atoms with Crippen molar-refractivity contribution in [2.24, 2.45) is 0 Å². The molecule has 7 nitrogen and oxygen atoms in total. The van der Waals surface area contributed by atoms with Gasteiger partial charge in [0.2, 0.25) is 5.91 Å². The minimum absolute atomic E-state index is 0.0117. The summed E-state index contributed by atoms with van der Waals surface area (Å²) < 4.78 is 12.6. The Morgan fingerprint density at radius 1 is 1.31 bits per heavy atom. The van der Waals surface area contributed by atoms with Gasteiger partial charge < -0.3 is 15.2 Å².